The zero-order chi connectivity index (χ0) is 14.1. The summed E-state index contributed by atoms with van der Waals surface area (Å²) >= 11 is 0. The first-order chi connectivity index (χ1) is 9.74. The highest BCUT2D eigenvalue weighted by atomic mass is 16.2. The van der Waals surface area contributed by atoms with Crippen LogP contribution in [0.4, 0.5) is 0 Å². The number of hydrogen-bond acceptors (Lipinski definition) is 2. The van der Waals surface area contributed by atoms with Gasteiger partial charge in [0, 0.05) is 17.7 Å². The third-order valence-electron chi connectivity index (χ3n) is 3.71. The molecule has 1 amide bonds. The number of rotatable bonds is 3. The van der Waals surface area contributed by atoms with Crippen LogP contribution in [0.15, 0.2) is 54.6 Å². The largest absolute Gasteiger partial charge is 0.324 e. The van der Waals surface area contributed by atoms with Gasteiger partial charge in [-0.3, -0.25) is 9.59 Å². The molecule has 100 valence electrons. The lowest BCUT2D eigenvalue weighted by Gasteiger charge is -2.22. The van der Waals surface area contributed by atoms with Crippen LogP contribution in [0, 0.1) is 0 Å². The van der Waals surface area contributed by atoms with E-state index in [9.17, 15) is 9.59 Å². The second kappa shape index (κ2) is 4.93. The Bertz CT molecular complexity index is 664. The van der Waals surface area contributed by atoms with Gasteiger partial charge in [0.1, 0.15) is 6.04 Å². The molecule has 0 bridgehead atoms. The minimum atomic E-state index is -0.494. The molecule has 0 fully saturated rings. The molecule has 2 aromatic rings. The van der Waals surface area contributed by atoms with Crippen molar-refractivity contribution >= 4 is 11.7 Å². The topological polar surface area (TPSA) is 37.4 Å². The van der Waals surface area contributed by atoms with Crippen molar-refractivity contribution in [3.05, 3.63) is 71.3 Å². The highest BCUT2D eigenvalue weighted by Crippen LogP contribution is 2.35. The average Bonchev–Trinajstić information content (AvgIpc) is 2.80. The lowest BCUT2D eigenvalue weighted by atomic mass is 9.97. The molecular weight excluding hydrogens is 250 g/mol. The Hall–Kier alpha value is -2.42. The van der Waals surface area contributed by atoms with Crippen molar-refractivity contribution in [2.75, 3.05) is 6.54 Å². The number of carbonyl (C=O) groups is 2. The number of benzene rings is 2. The SMILES string of the molecule is CCN1C(=O)c2ccccc2C1C(=O)c1ccccc1. The first kappa shape index (κ1) is 12.6. The predicted octanol–water partition coefficient (Wildman–Crippen LogP) is 3.09. The van der Waals surface area contributed by atoms with Gasteiger partial charge in [0.15, 0.2) is 5.78 Å². The molecule has 1 heterocycles. The van der Waals surface area contributed by atoms with Crippen LogP contribution in [0.25, 0.3) is 0 Å². The number of ketones is 1. The molecule has 3 rings (SSSR count). The molecule has 0 radical (unpaired) electrons. The Morgan fingerprint density at radius 2 is 1.70 bits per heavy atom. The Kier molecular flexibility index (Phi) is 3.11. The van der Waals surface area contributed by atoms with Gasteiger partial charge >= 0.3 is 0 Å². The van der Waals surface area contributed by atoms with Gasteiger partial charge in [-0.25, -0.2) is 0 Å². The molecular formula is C17H15NO2. The van der Waals surface area contributed by atoms with E-state index in [0.29, 0.717) is 17.7 Å². The van der Waals surface area contributed by atoms with Crippen LogP contribution in [0.1, 0.15) is 39.2 Å². The van der Waals surface area contributed by atoms with Crippen molar-refractivity contribution in [3.63, 3.8) is 0 Å². The molecule has 1 aliphatic rings. The number of amides is 1. The minimum Gasteiger partial charge on any atom is -0.324 e. The highest BCUT2D eigenvalue weighted by molar-refractivity contribution is 6.09. The van der Waals surface area contributed by atoms with Crippen molar-refractivity contribution in [1.29, 1.82) is 0 Å². The number of Topliss-reactive ketones (excluding diaryl/α,β-unsaturated/α-hetero) is 1. The third-order valence-corrected chi connectivity index (χ3v) is 3.71. The molecule has 2 aromatic carbocycles. The maximum absolute atomic E-state index is 12.7. The van der Waals surface area contributed by atoms with Crippen LogP contribution in [0.3, 0.4) is 0 Å². The van der Waals surface area contributed by atoms with Gasteiger partial charge in [-0.15, -0.1) is 0 Å². The summed E-state index contributed by atoms with van der Waals surface area (Å²) in [6, 6.07) is 16.0. The van der Waals surface area contributed by atoms with E-state index in [-0.39, 0.29) is 11.7 Å². The van der Waals surface area contributed by atoms with Crippen LogP contribution < -0.4 is 0 Å². The summed E-state index contributed by atoms with van der Waals surface area (Å²) < 4.78 is 0. The van der Waals surface area contributed by atoms with Crippen LogP contribution >= 0.6 is 0 Å². The molecule has 0 aliphatic carbocycles. The van der Waals surface area contributed by atoms with Crippen LogP contribution in [-0.2, 0) is 0 Å². The Labute approximate surface area is 117 Å². The lowest BCUT2D eigenvalue weighted by molar-refractivity contribution is 0.0665. The number of likely N-dealkylation sites (N-methyl/N-ethyl adjacent to an activating group) is 1. The fourth-order valence-corrected chi connectivity index (χ4v) is 2.74. The summed E-state index contributed by atoms with van der Waals surface area (Å²) in [5, 5.41) is 0. The van der Waals surface area contributed by atoms with E-state index in [1.807, 2.05) is 43.3 Å². The summed E-state index contributed by atoms with van der Waals surface area (Å²) in [4.78, 5) is 26.7. The maximum Gasteiger partial charge on any atom is 0.255 e. The number of nitrogens with zero attached hydrogens (tertiary/aromatic N) is 1. The van der Waals surface area contributed by atoms with Crippen molar-refractivity contribution < 1.29 is 9.59 Å². The molecule has 1 unspecified atom stereocenters. The van der Waals surface area contributed by atoms with Gasteiger partial charge in [-0.05, 0) is 18.6 Å². The van der Waals surface area contributed by atoms with Gasteiger partial charge in [0.25, 0.3) is 5.91 Å². The lowest BCUT2D eigenvalue weighted by Crippen LogP contribution is -2.32. The normalized spacial score (nSPS) is 17.1. The van der Waals surface area contributed by atoms with Crippen LogP contribution in [0.5, 0.6) is 0 Å². The molecule has 1 aliphatic heterocycles. The quantitative estimate of drug-likeness (QED) is 0.800. The zero-order valence-electron chi connectivity index (χ0n) is 11.2. The first-order valence-corrected chi connectivity index (χ1v) is 6.73. The van der Waals surface area contributed by atoms with Gasteiger partial charge < -0.3 is 4.90 Å². The van der Waals surface area contributed by atoms with E-state index in [1.165, 1.54) is 0 Å². The van der Waals surface area contributed by atoms with E-state index in [4.69, 9.17) is 0 Å². The monoisotopic (exact) mass is 265 g/mol. The molecule has 0 saturated heterocycles. The molecule has 0 spiro atoms. The van der Waals surface area contributed by atoms with Gasteiger partial charge in [0.05, 0.1) is 0 Å². The minimum absolute atomic E-state index is 0.0225. The molecule has 0 saturated carbocycles. The van der Waals surface area contributed by atoms with E-state index >= 15 is 0 Å². The maximum atomic E-state index is 12.7. The van der Waals surface area contributed by atoms with E-state index in [2.05, 4.69) is 0 Å². The molecule has 3 nitrogen and oxygen atoms in total. The fourth-order valence-electron chi connectivity index (χ4n) is 2.74. The molecule has 1 atom stereocenters. The van der Waals surface area contributed by atoms with Crippen LogP contribution in [-0.4, -0.2) is 23.1 Å². The number of hydrogen-bond donors (Lipinski definition) is 0. The highest BCUT2D eigenvalue weighted by Gasteiger charge is 2.39. The second-order valence-corrected chi connectivity index (χ2v) is 4.81. The summed E-state index contributed by atoms with van der Waals surface area (Å²) in [7, 11) is 0. The summed E-state index contributed by atoms with van der Waals surface area (Å²) in [6.07, 6.45) is 0. The van der Waals surface area contributed by atoms with Gasteiger partial charge in [-0.2, -0.15) is 0 Å². The smallest absolute Gasteiger partial charge is 0.255 e. The standard InChI is InChI=1S/C17H15NO2/c1-2-18-15(16(19)12-8-4-3-5-9-12)13-10-6-7-11-14(13)17(18)20/h3-11,15H,2H2,1H3. The summed E-state index contributed by atoms with van der Waals surface area (Å²) in [5.41, 5.74) is 2.09. The average molecular weight is 265 g/mol. The van der Waals surface area contributed by atoms with Crippen molar-refractivity contribution in [3.8, 4) is 0 Å². The van der Waals surface area contributed by atoms with Crippen molar-refractivity contribution in [2.24, 2.45) is 0 Å². The summed E-state index contributed by atoms with van der Waals surface area (Å²) in [6.45, 7) is 2.42. The number of fused-ring (bicyclic) bond motifs is 1. The second-order valence-electron chi connectivity index (χ2n) is 4.81. The predicted molar refractivity (Wildman–Crippen MR) is 76.7 cm³/mol. The van der Waals surface area contributed by atoms with E-state index < -0.39 is 6.04 Å². The molecule has 3 heteroatoms. The molecule has 0 aromatic heterocycles. The van der Waals surface area contributed by atoms with E-state index in [0.717, 1.165) is 5.56 Å². The fraction of sp³-hybridized carbons (Fsp3) is 0.176. The zero-order valence-corrected chi connectivity index (χ0v) is 11.2. The van der Waals surface area contributed by atoms with E-state index in [1.54, 1.807) is 23.1 Å². The molecule has 20 heavy (non-hydrogen) atoms. The Balaban J connectivity index is 2.08. The summed E-state index contributed by atoms with van der Waals surface area (Å²) in [5.74, 6) is -0.0804. The Morgan fingerprint density at radius 3 is 2.40 bits per heavy atom. The Morgan fingerprint density at radius 1 is 1.05 bits per heavy atom. The van der Waals surface area contributed by atoms with Crippen LogP contribution in [0.2, 0.25) is 0 Å². The first-order valence-electron chi connectivity index (χ1n) is 6.73. The van der Waals surface area contributed by atoms with Crippen molar-refractivity contribution in [1.82, 2.24) is 4.90 Å². The number of carbonyl (C=O) groups excluding carboxylic acids is 2. The van der Waals surface area contributed by atoms with Gasteiger partial charge in [0.2, 0.25) is 0 Å². The van der Waals surface area contributed by atoms with Gasteiger partial charge in [-0.1, -0.05) is 48.5 Å². The van der Waals surface area contributed by atoms with Crippen molar-refractivity contribution in [2.45, 2.75) is 13.0 Å². The third kappa shape index (κ3) is 1.83. The molecule has 0 N–H and O–H groups in total.